The Morgan fingerprint density at radius 1 is 1.24 bits per heavy atom. The van der Waals surface area contributed by atoms with Crippen LogP contribution in [0, 0.1) is 0 Å². The molecule has 0 atom stereocenters. The maximum absolute atomic E-state index is 12.8. The maximum Gasteiger partial charge on any atom is 0.252 e. The van der Waals surface area contributed by atoms with E-state index in [1.165, 1.54) is 16.9 Å². The van der Waals surface area contributed by atoms with Gasteiger partial charge in [-0.25, -0.2) is 8.42 Å². The molecule has 1 aliphatic heterocycles. The largest absolute Gasteiger partial charge is 0.252 e. The van der Waals surface area contributed by atoms with Crippen molar-refractivity contribution >= 4 is 33.0 Å². The molecule has 0 unspecified atom stereocenters. The third-order valence-corrected chi connectivity index (χ3v) is 7.31. The Hall–Kier alpha value is -0.880. The zero-order valence-corrected chi connectivity index (χ0v) is 13.8. The Morgan fingerprint density at radius 2 is 2.00 bits per heavy atom. The molecule has 0 N–H and O–H groups in total. The number of rotatable bonds is 3. The minimum atomic E-state index is -3.42. The van der Waals surface area contributed by atoms with Crippen LogP contribution >= 0.6 is 22.9 Å². The number of aryl methyl sites for hydroxylation is 1. The van der Waals surface area contributed by atoms with E-state index < -0.39 is 10.0 Å². The van der Waals surface area contributed by atoms with Crippen LogP contribution in [0.25, 0.3) is 0 Å². The summed E-state index contributed by atoms with van der Waals surface area (Å²) in [6, 6.07) is 9.76. The van der Waals surface area contributed by atoms with Crippen LogP contribution in [0.4, 0.5) is 0 Å². The molecule has 0 saturated carbocycles. The van der Waals surface area contributed by atoms with Gasteiger partial charge in [0.1, 0.15) is 4.21 Å². The second-order valence-electron chi connectivity index (χ2n) is 5.12. The van der Waals surface area contributed by atoms with Gasteiger partial charge in [-0.1, -0.05) is 24.3 Å². The highest BCUT2D eigenvalue weighted by Gasteiger charge is 2.28. The Balaban J connectivity index is 1.92. The lowest BCUT2D eigenvalue weighted by Gasteiger charge is -2.19. The summed E-state index contributed by atoms with van der Waals surface area (Å²) in [5.74, 6) is 0.342. The van der Waals surface area contributed by atoms with Crippen molar-refractivity contribution in [3.05, 3.63) is 52.4 Å². The molecule has 3 nitrogen and oxygen atoms in total. The van der Waals surface area contributed by atoms with Crippen molar-refractivity contribution < 1.29 is 8.42 Å². The monoisotopic (exact) mass is 341 g/mol. The molecule has 3 rings (SSSR count). The van der Waals surface area contributed by atoms with Crippen molar-refractivity contribution in [1.29, 1.82) is 0 Å². The number of nitrogens with zero attached hydrogens (tertiary/aromatic N) is 1. The van der Waals surface area contributed by atoms with Gasteiger partial charge < -0.3 is 0 Å². The Morgan fingerprint density at radius 3 is 2.71 bits per heavy atom. The smallest absolute Gasteiger partial charge is 0.206 e. The third-order valence-electron chi connectivity index (χ3n) is 3.70. The first kappa shape index (κ1) is 15.0. The number of alkyl halides is 1. The van der Waals surface area contributed by atoms with Gasteiger partial charge in [0, 0.05) is 19.0 Å². The molecule has 112 valence electrons. The summed E-state index contributed by atoms with van der Waals surface area (Å²) in [7, 11) is -3.42. The molecule has 1 aromatic carbocycles. The highest BCUT2D eigenvalue weighted by atomic mass is 35.5. The molecule has 0 radical (unpaired) electrons. The van der Waals surface area contributed by atoms with E-state index in [-0.39, 0.29) is 0 Å². The molecule has 2 aromatic rings. The lowest BCUT2D eigenvalue weighted by atomic mass is 10.0. The SMILES string of the molecule is O=S(=O)(c1cc(CCl)cs1)N1CCCc2ccccc2C1. The average molecular weight is 342 g/mol. The van der Waals surface area contributed by atoms with E-state index in [1.54, 1.807) is 10.4 Å². The van der Waals surface area contributed by atoms with E-state index >= 15 is 0 Å². The molecule has 0 bridgehead atoms. The molecule has 0 amide bonds. The lowest BCUT2D eigenvalue weighted by molar-refractivity contribution is 0.411. The van der Waals surface area contributed by atoms with Crippen LogP contribution in [0.15, 0.2) is 39.9 Å². The standard InChI is InChI=1S/C15H16ClNO2S2/c16-9-12-8-15(20-11-12)21(18,19)17-7-3-6-13-4-1-2-5-14(13)10-17/h1-2,4-5,8,11H,3,6-7,9-10H2. The zero-order valence-electron chi connectivity index (χ0n) is 11.5. The first-order valence-electron chi connectivity index (χ1n) is 6.81. The summed E-state index contributed by atoms with van der Waals surface area (Å²) in [5, 5.41) is 1.81. The quantitative estimate of drug-likeness (QED) is 0.799. The third kappa shape index (κ3) is 3.01. The molecule has 0 fully saturated rings. The van der Waals surface area contributed by atoms with Crippen molar-refractivity contribution in [1.82, 2.24) is 4.31 Å². The van der Waals surface area contributed by atoms with E-state index in [1.807, 2.05) is 23.6 Å². The molecule has 0 spiro atoms. The van der Waals surface area contributed by atoms with Crippen LogP contribution in [0.5, 0.6) is 0 Å². The number of benzene rings is 1. The molecule has 1 aliphatic rings. The van der Waals surface area contributed by atoms with Gasteiger partial charge in [-0.3, -0.25) is 0 Å². The highest BCUT2D eigenvalue weighted by Crippen LogP contribution is 2.28. The van der Waals surface area contributed by atoms with Gasteiger partial charge in [-0.15, -0.1) is 22.9 Å². The summed E-state index contributed by atoms with van der Waals surface area (Å²) in [4.78, 5) is 0. The van der Waals surface area contributed by atoms with E-state index in [0.717, 1.165) is 24.0 Å². The van der Waals surface area contributed by atoms with E-state index in [0.29, 0.717) is 23.2 Å². The predicted octanol–water partition coefficient (Wildman–Crippen LogP) is 3.62. The zero-order chi connectivity index (χ0) is 14.9. The highest BCUT2D eigenvalue weighted by molar-refractivity contribution is 7.91. The van der Waals surface area contributed by atoms with Crippen LogP contribution in [-0.4, -0.2) is 19.3 Å². The van der Waals surface area contributed by atoms with Gasteiger partial charge in [-0.2, -0.15) is 4.31 Å². The number of sulfonamides is 1. The van der Waals surface area contributed by atoms with Gasteiger partial charge in [0.15, 0.2) is 0 Å². The van der Waals surface area contributed by atoms with E-state index in [2.05, 4.69) is 6.07 Å². The summed E-state index contributed by atoms with van der Waals surface area (Å²) < 4.78 is 27.5. The molecule has 2 heterocycles. The summed E-state index contributed by atoms with van der Waals surface area (Å²) >= 11 is 7.02. The maximum atomic E-state index is 12.8. The second kappa shape index (κ2) is 6.08. The van der Waals surface area contributed by atoms with E-state index in [4.69, 9.17) is 11.6 Å². The van der Waals surface area contributed by atoms with Crippen molar-refractivity contribution in [2.75, 3.05) is 6.54 Å². The van der Waals surface area contributed by atoms with Crippen molar-refractivity contribution in [3.63, 3.8) is 0 Å². The van der Waals surface area contributed by atoms with Crippen molar-refractivity contribution in [3.8, 4) is 0 Å². The minimum Gasteiger partial charge on any atom is -0.206 e. The Kier molecular flexibility index (Phi) is 4.36. The Bertz CT molecular complexity index is 740. The summed E-state index contributed by atoms with van der Waals surface area (Å²) in [5.41, 5.74) is 3.21. The molecule has 0 aliphatic carbocycles. The summed E-state index contributed by atoms with van der Waals surface area (Å²) in [6.07, 6.45) is 1.78. The van der Waals surface area contributed by atoms with Crippen LogP contribution in [-0.2, 0) is 28.9 Å². The number of hydrogen-bond acceptors (Lipinski definition) is 3. The first-order valence-corrected chi connectivity index (χ1v) is 9.67. The van der Waals surface area contributed by atoms with E-state index in [9.17, 15) is 8.42 Å². The number of hydrogen-bond donors (Lipinski definition) is 0. The molecule has 0 saturated heterocycles. The predicted molar refractivity (Wildman–Crippen MR) is 86.2 cm³/mol. The van der Waals surface area contributed by atoms with Gasteiger partial charge in [0.25, 0.3) is 10.0 Å². The first-order chi connectivity index (χ1) is 10.1. The van der Waals surface area contributed by atoms with Crippen LogP contribution in [0.2, 0.25) is 0 Å². The minimum absolute atomic E-state index is 0.342. The normalized spacial score (nSPS) is 16.4. The molecular weight excluding hydrogens is 326 g/mol. The van der Waals surface area contributed by atoms with Crippen molar-refractivity contribution in [2.45, 2.75) is 29.5 Å². The topological polar surface area (TPSA) is 37.4 Å². The summed E-state index contributed by atoms with van der Waals surface area (Å²) in [6.45, 7) is 1.01. The Labute approximate surface area is 134 Å². The van der Waals surface area contributed by atoms with Crippen LogP contribution in [0.1, 0.15) is 23.1 Å². The molecule has 1 aromatic heterocycles. The molecule has 21 heavy (non-hydrogen) atoms. The van der Waals surface area contributed by atoms with Gasteiger partial charge in [0.2, 0.25) is 0 Å². The fourth-order valence-corrected chi connectivity index (χ4v) is 5.63. The molecule has 6 heteroatoms. The fraction of sp³-hybridized carbons (Fsp3) is 0.333. The number of thiophene rings is 1. The van der Waals surface area contributed by atoms with Gasteiger partial charge >= 0.3 is 0 Å². The van der Waals surface area contributed by atoms with Crippen molar-refractivity contribution in [2.24, 2.45) is 0 Å². The second-order valence-corrected chi connectivity index (χ2v) is 8.46. The number of halogens is 1. The lowest BCUT2D eigenvalue weighted by Crippen LogP contribution is -2.30. The van der Waals surface area contributed by atoms with Gasteiger partial charge in [0.05, 0.1) is 0 Å². The van der Waals surface area contributed by atoms with Crippen LogP contribution < -0.4 is 0 Å². The average Bonchev–Trinajstić information content (AvgIpc) is 2.87. The fourth-order valence-electron chi connectivity index (χ4n) is 2.56. The van der Waals surface area contributed by atoms with Gasteiger partial charge in [-0.05, 0) is 41.0 Å². The molecular formula is C15H16ClNO2S2. The van der Waals surface area contributed by atoms with Crippen LogP contribution in [0.3, 0.4) is 0 Å². The number of fused-ring (bicyclic) bond motifs is 1.